The van der Waals surface area contributed by atoms with Gasteiger partial charge in [0.1, 0.15) is 17.7 Å². The average Bonchev–Trinajstić information content (AvgIpc) is 2.91. The largest absolute Gasteiger partial charge is 0.497 e. The molecule has 7 heteroatoms. The standard InChI is InChI=1S/C29H35FN2O4/c1-35-22-8-5-20(6-9-22)4-3-16-32-17-14-21(26(19-32)29(33)34)7-11-27(30)24-13-15-31-28-12-10-23(36-2)18-25(24)28/h5-6,8-10,12-13,15,18,21,26-27H,3-4,7,11,14,16-17,19H2,1-2H3,(H,33,34)/t21-,26+,27-/m1/s1. The first-order chi connectivity index (χ1) is 17.5. The van der Waals surface area contributed by atoms with Gasteiger partial charge in [0, 0.05) is 18.1 Å². The lowest BCUT2D eigenvalue weighted by Gasteiger charge is -2.37. The first-order valence-electron chi connectivity index (χ1n) is 12.6. The summed E-state index contributed by atoms with van der Waals surface area (Å²) in [5.41, 5.74) is 2.56. The first-order valence-corrected chi connectivity index (χ1v) is 12.6. The summed E-state index contributed by atoms with van der Waals surface area (Å²) in [6.45, 7) is 2.23. The van der Waals surface area contributed by atoms with Gasteiger partial charge in [0.15, 0.2) is 0 Å². The first kappa shape index (κ1) is 25.9. The van der Waals surface area contributed by atoms with Crippen LogP contribution in [0.4, 0.5) is 4.39 Å². The predicted octanol–water partition coefficient (Wildman–Crippen LogP) is 5.70. The van der Waals surface area contributed by atoms with E-state index < -0.39 is 18.1 Å². The fourth-order valence-electron chi connectivity index (χ4n) is 5.26. The summed E-state index contributed by atoms with van der Waals surface area (Å²) in [7, 11) is 3.24. The molecule has 3 aromatic rings. The van der Waals surface area contributed by atoms with Gasteiger partial charge in [-0.15, -0.1) is 0 Å². The normalized spacial score (nSPS) is 19.2. The van der Waals surface area contributed by atoms with Crippen molar-refractivity contribution in [3.05, 3.63) is 65.9 Å². The third kappa shape index (κ3) is 6.32. The number of benzene rings is 2. The number of rotatable bonds is 11. The van der Waals surface area contributed by atoms with Crippen LogP contribution >= 0.6 is 0 Å². The molecule has 0 radical (unpaired) electrons. The van der Waals surface area contributed by atoms with Gasteiger partial charge in [0.05, 0.1) is 25.7 Å². The fourth-order valence-corrected chi connectivity index (χ4v) is 5.26. The van der Waals surface area contributed by atoms with Crippen molar-refractivity contribution in [3.8, 4) is 11.5 Å². The molecule has 0 spiro atoms. The number of nitrogens with zero attached hydrogens (tertiary/aromatic N) is 2. The van der Waals surface area contributed by atoms with Crippen LogP contribution in [0.2, 0.25) is 0 Å². The Hall–Kier alpha value is -3.19. The van der Waals surface area contributed by atoms with E-state index in [-0.39, 0.29) is 5.92 Å². The predicted molar refractivity (Wildman–Crippen MR) is 138 cm³/mol. The molecule has 6 nitrogen and oxygen atoms in total. The van der Waals surface area contributed by atoms with Gasteiger partial charge in [-0.05, 0) is 98.6 Å². The van der Waals surface area contributed by atoms with E-state index >= 15 is 4.39 Å². The zero-order chi connectivity index (χ0) is 25.5. The van der Waals surface area contributed by atoms with E-state index in [1.165, 1.54) is 5.56 Å². The lowest BCUT2D eigenvalue weighted by Crippen LogP contribution is -2.44. The zero-order valence-electron chi connectivity index (χ0n) is 21.0. The number of carboxylic acid groups (broad SMARTS) is 1. The molecule has 3 atom stereocenters. The molecule has 1 saturated heterocycles. The maximum atomic E-state index is 15.4. The topological polar surface area (TPSA) is 71.9 Å². The van der Waals surface area contributed by atoms with E-state index in [2.05, 4.69) is 22.0 Å². The molecule has 36 heavy (non-hydrogen) atoms. The molecule has 4 rings (SSSR count). The highest BCUT2D eigenvalue weighted by molar-refractivity contribution is 5.83. The van der Waals surface area contributed by atoms with E-state index in [1.54, 1.807) is 26.5 Å². The Morgan fingerprint density at radius 3 is 2.61 bits per heavy atom. The highest BCUT2D eigenvalue weighted by atomic mass is 19.1. The molecule has 0 unspecified atom stereocenters. The van der Waals surface area contributed by atoms with Gasteiger partial charge in [0.2, 0.25) is 0 Å². The molecule has 0 aliphatic carbocycles. The monoisotopic (exact) mass is 494 g/mol. The second kappa shape index (κ2) is 12.2. The zero-order valence-corrected chi connectivity index (χ0v) is 21.0. The molecule has 0 amide bonds. The average molecular weight is 495 g/mol. The van der Waals surface area contributed by atoms with E-state index in [4.69, 9.17) is 9.47 Å². The van der Waals surface area contributed by atoms with Crippen LogP contribution in [0, 0.1) is 11.8 Å². The minimum atomic E-state index is -1.18. The molecule has 1 N–H and O–H groups in total. The number of piperidine rings is 1. The molecule has 2 heterocycles. The van der Waals surface area contributed by atoms with Crippen LogP contribution in [-0.4, -0.2) is 54.8 Å². The molecule has 0 saturated carbocycles. The van der Waals surface area contributed by atoms with Crippen LogP contribution in [-0.2, 0) is 11.2 Å². The second-order valence-corrected chi connectivity index (χ2v) is 9.57. The van der Waals surface area contributed by atoms with E-state index in [0.717, 1.165) is 49.0 Å². The Bertz CT molecular complexity index is 1150. The summed E-state index contributed by atoms with van der Waals surface area (Å²) in [5.74, 6) is 0.225. The molecule has 1 aromatic heterocycles. The Balaban J connectivity index is 1.31. The van der Waals surface area contributed by atoms with Gasteiger partial charge >= 0.3 is 5.97 Å². The number of ether oxygens (including phenoxy) is 2. The summed E-state index contributed by atoms with van der Waals surface area (Å²) >= 11 is 0. The van der Waals surface area contributed by atoms with Crippen molar-refractivity contribution in [1.82, 2.24) is 9.88 Å². The number of methoxy groups -OCH3 is 2. The molecule has 1 fully saturated rings. The molecule has 1 aliphatic rings. The number of pyridine rings is 1. The van der Waals surface area contributed by atoms with Crippen LogP contribution < -0.4 is 9.47 Å². The quantitative estimate of drug-likeness (QED) is 0.369. The number of halogens is 1. The van der Waals surface area contributed by atoms with E-state index in [9.17, 15) is 9.90 Å². The Morgan fingerprint density at radius 1 is 1.14 bits per heavy atom. The molecule has 2 aromatic carbocycles. The van der Waals surface area contributed by atoms with Gasteiger partial charge in [-0.2, -0.15) is 0 Å². The van der Waals surface area contributed by atoms with Crippen molar-refractivity contribution in [1.29, 1.82) is 0 Å². The highest BCUT2D eigenvalue weighted by Crippen LogP contribution is 2.35. The summed E-state index contributed by atoms with van der Waals surface area (Å²) in [5, 5.41) is 10.6. The number of hydrogen-bond acceptors (Lipinski definition) is 5. The van der Waals surface area contributed by atoms with Gasteiger partial charge in [-0.3, -0.25) is 9.78 Å². The molecule has 192 valence electrons. The van der Waals surface area contributed by atoms with Gasteiger partial charge in [0.25, 0.3) is 0 Å². The minimum Gasteiger partial charge on any atom is -0.497 e. The van der Waals surface area contributed by atoms with Crippen molar-refractivity contribution in [2.45, 2.75) is 38.3 Å². The molecule has 0 bridgehead atoms. The number of aliphatic carboxylic acids is 1. The minimum absolute atomic E-state index is 0.0266. The van der Waals surface area contributed by atoms with Crippen molar-refractivity contribution in [3.63, 3.8) is 0 Å². The van der Waals surface area contributed by atoms with Crippen LogP contribution in [0.25, 0.3) is 10.9 Å². The van der Waals surface area contributed by atoms with Crippen molar-refractivity contribution in [2.75, 3.05) is 33.9 Å². The summed E-state index contributed by atoms with van der Waals surface area (Å²) in [6, 6.07) is 15.2. The number of alkyl halides is 1. The summed E-state index contributed by atoms with van der Waals surface area (Å²) in [4.78, 5) is 18.6. The summed E-state index contributed by atoms with van der Waals surface area (Å²) in [6.07, 6.45) is 3.97. The number of hydrogen-bond donors (Lipinski definition) is 1. The van der Waals surface area contributed by atoms with Gasteiger partial charge in [-0.25, -0.2) is 4.39 Å². The number of aryl methyl sites for hydroxylation is 1. The van der Waals surface area contributed by atoms with Crippen molar-refractivity contribution in [2.24, 2.45) is 11.8 Å². The number of aromatic nitrogens is 1. The number of likely N-dealkylation sites (tertiary alicyclic amines) is 1. The SMILES string of the molecule is COc1ccc(CCCN2CC[C@@H](CC[C@@H](F)c3ccnc4ccc(OC)cc34)[C@@H](C(=O)O)C2)cc1. The number of carbonyl (C=O) groups is 1. The lowest BCUT2D eigenvalue weighted by atomic mass is 9.81. The van der Waals surface area contributed by atoms with Crippen molar-refractivity contribution >= 4 is 16.9 Å². The Labute approximate surface area is 212 Å². The molecular weight excluding hydrogens is 459 g/mol. The molecular formula is C29H35FN2O4. The van der Waals surface area contributed by atoms with Crippen molar-refractivity contribution < 1.29 is 23.8 Å². The number of fused-ring (bicyclic) bond motifs is 1. The van der Waals surface area contributed by atoms with Gasteiger partial charge < -0.3 is 19.5 Å². The number of carboxylic acids is 1. The van der Waals surface area contributed by atoms with Crippen LogP contribution in [0.1, 0.15) is 43.0 Å². The molecule has 1 aliphatic heterocycles. The fraction of sp³-hybridized carbons (Fsp3) is 0.448. The maximum absolute atomic E-state index is 15.4. The highest BCUT2D eigenvalue weighted by Gasteiger charge is 2.34. The smallest absolute Gasteiger partial charge is 0.308 e. The van der Waals surface area contributed by atoms with E-state index in [0.29, 0.717) is 30.7 Å². The second-order valence-electron chi connectivity index (χ2n) is 9.57. The third-order valence-corrected chi connectivity index (χ3v) is 7.37. The van der Waals surface area contributed by atoms with Crippen LogP contribution in [0.15, 0.2) is 54.7 Å². The van der Waals surface area contributed by atoms with Gasteiger partial charge in [-0.1, -0.05) is 12.1 Å². The Morgan fingerprint density at radius 2 is 1.89 bits per heavy atom. The third-order valence-electron chi connectivity index (χ3n) is 7.37. The lowest BCUT2D eigenvalue weighted by molar-refractivity contribution is -0.146. The van der Waals surface area contributed by atoms with Crippen LogP contribution in [0.5, 0.6) is 11.5 Å². The van der Waals surface area contributed by atoms with E-state index in [1.807, 2.05) is 30.3 Å². The maximum Gasteiger partial charge on any atom is 0.308 e. The summed E-state index contributed by atoms with van der Waals surface area (Å²) < 4.78 is 25.9. The Kier molecular flexibility index (Phi) is 8.75. The van der Waals surface area contributed by atoms with Crippen LogP contribution in [0.3, 0.4) is 0 Å².